The van der Waals surface area contributed by atoms with Crippen LogP contribution in [0.25, 0.3) is 16.8 Å². The number of rotatable bonds is 9. The number of carbonyl (C=O) groups is 3. The first-order valence-corrected chi connectivity index (χ1v) is 17.5. The number of fused-ring (bicyclic) bond motifs is 3. The maximum atomic E-state index is 14.4. The van der Waals surface area contributed by atoms with Crippen molar-refractivity contribution in [2.75, 3.05) is 24.7 Å². The molecule has 4 aromatic carbocycles. The Bertz CT molecular complexity index is 2090. The number of hydrogen-bond acceptors (Lipinski definition) is 9. The van der Waals surface area contributed by atoms with Gasteiger partial charge >= 0.3 is 0 Å². The van der Waals surface area contributed by atoms with Gasteiger partial charge in [0.25, 0.3) is 17.7 Å². The molecule has 11 nitrogen and oxygen atoms in total. The topological polar surface area (TPSA) is 116 Å². The first-order chi connectivity index (χ1) is 24.9. The Morgan fingerprint density at radius 3 is 2.29 bits per heavy atom. The van der Waals surface area contributed by atoms with Crippen LogP contribution in [0, 0.1) is 5.92 Å². The van der Waals surface area contributed by atoms with Gasteiger partial charge in [-0.05, 0) is 91.6 Å². The van der Waals surface area contributed by atoms with Crippen LogP contribution in [-0.2, 0) is 14.4 Å². The van der Waals surface area contributed by atoms with Crippen LogP contribution >= 0.6 is 0 Å². The highest BCUT2D eigenvalue weighted by atomic mass is 16.5. The Kier molecular flexibility index (Phi) is 8.55. The third-order valence-electron chi connectivity index (χ3n) is 9.98. The summed E-state index contributed by atoms with van der Waals surface area (Å²) < 4.78 is 11.3. The van der Waals surface area contributed by atoms with E-state index in [1.54, 1.807) is 11.1 Å². The van der Waals surface area contributed by atoms with Crippen molar-refractivity contribution >= 4 is 46.0 Å². The zero-order valence-corrected chi connectivity index (χ0v) is 28.5. The Morgan fingerprint density at radius 1 is 0.843 bits per heavy atom. The molecule has 0 unspecified atom stereocenters. The number of benzene rings is 4. The lowest BCUT2D eigenvalue weighted by atomic mass is 9.77. The van der Waals surface area contributed by atoms with E-state index < -0.39 is 23.9 Å². The average molecular weight is 683 g/mol. The molecular weight excluding hydrogens is 644 g/mol. The summed E-state index contributed by atoms with van der Waals surface area (Å²) in [5.74, 6) is 0.295. The predicted molar refractivity (Wildman–Crippen MR) is 193 cm³/mol. The van der Waals surface area contributed by atoms with Crippen molar-refractivity contribution in [3.05, 3.63) is 108 Å². The van der Waals surface area contributed by atoms with Crippen molar-refractivity contribution < 1.29 is 23.9 Å². The molecule has 0 radical (unpaired) electrons. The number of ether oxygens (including phenoxy) is 2. The Hall–Kier alpha value is -5.84. The largest absolute Gasteiger partial charge is 0.494 e. The number of anilines is 1. The molecule has 4 aliphatic rings. The van der Waals surface area contributed by atoms with E-state index in [-0.39, 0.29) is 24.4 Å². The second kappa shape index (κ2) is 13.5. The minimum atomic E-state index is -1.03. The third kappa shape index (κ3) is 5.82. The zero-order valence-electron chi connectivity index (χ0n) is 28.5. The molecule has 0 spiro atoms. The number of carbonyl (C=O) groups excluding carboxylic acids is 3. The maximum Gasteiger partial charge on any atom is 0.264 e. The zero-order chi connectivity index (χ0) is 35.1. The van der Waals surface area contributed by atoms with Gasteiger partial charge in [-0.15, -0.1) is 0 Å². The van der Waals surface area contributed by atoms with Crippen molar-refractivity contribution in [1.29, 1.82) is 0 Å². The van der Waals surface area contributed by atoms with Crippen LogP contribution in [0.4, 0.5) is 5.69 Å². The monoisotopic (exact) mass is 682 g/mol. The average Bonchev–Trinajstić information content (AvgIpc) is 3.82. The Morgan fingerprint density at radius 2 is 1.55 bits per heavy atom. The minimum Gasteiger partial charge on any atom is -0.494 e. The maximum absolute atomic E-state index is 14.4. The standard InChI is InChI=1S/C40H38N6O5/c1-3-50-29-19-15-25(16-20-29)23-28-11-7-13-32-35(28)42-46(37(32)27-17-21-30(22-18-27)51-4-2)34(47)24-44-38-36(41-43-44)39(48)45(40(38)49)33-14-8-10-26-9-5-6-12-31(26)33/h5-6,8-10,12,14-23,32,36-38H,3-4,7,11,13,24H2,1-2H3/b28-23+/t32-,36+,37-,38+/m1/s1. The van der Waals surface area contributed by atoms with Crippen molar-refractivity contribution in [2.24, 2.45) is 21.4 Å². The summed E-state index contributed by atoms with van der Waals surface area (Å²) >= 11 is 0. The minimum absolute atomic E-state index is 0.0286. The molecular formula is C40H38N6O5. The third-order valence-corrected chi connectivity index (χ3v) is 9.98. The molecule has 4 atom stereocenters. The number of allylic oxidation sites excluding steroid dienone is 1. The van der Waals surface area contributed by atoms with Crippen molar-refractivity contribution in [1.82, 2.24) is 10.0 Å². The van der Waals surface area contributed by atoms with Crippen LogP contribution in [0.1, 0.15) is 50.3 Å². The SMILES string of the molecule is CCOc1ccc(/C=C2\CCC[C@@H]3C2=NN(C(=O)CN2N=N[C@@H]4C(=O)N(c5cccc6ccccc56)C(=O)[C@H]42)[C@@H]3c2ccc(OCC)cc2)cc1. The van der Waals surface area contributed by atoms with Crippen LogP contribution in [-0.4, -0.2) is 65.3 Å². The number of amides is 3. The second-order valence-electron chi connectivity index (χ2n) is 13.0. The molecule has 3 amide bonds. The van der Waals surface area contributed by atoms with E-state index in [1.165, 1.54) is 9.91 Å². The van der Waals surface area contributed by atoms with E-state index in [1.807, 2.05) is 98.8 Å². The first kappa shape index (κ1) is 32.4. The normalized spacial score (nSPS) is 23.2. The molecule has 4 aromatic rings. The number of hydrazone groups is 1. The molecule has 51 heavy (non-hydrogen) atoms. The van der Waals surface area contributed by atoms with Gasteiger partial charge in [0.15, 0.2) is 12.1 Å². The van der Waals surface area contributed by atoms with E-state index >= 15 is 0 Å². The Balaban J connectivity index is 1.09. The fourth-order valence-corrected chi connectivity index (χ4v) is 7.70. The molecule has 2 fully saturated rings. The summed E-state index contributed by atoms with van der Waals surface area (Å²) in [6.45, 7) is 4.79. The Labute approximate surface area is 295 Å². The lowest BCUT2D eigenvalue weighted by molar-refractivity contribution is -0.136. The predicted octanol–water partition coefficient (Wildman–Crippen LogP) is 6.75. The van der Waals surface area contributed by atoms with Crippen LogP contribution in [0.2, 0.25) is 0 Å². The lowest BCUT2D eigenvalue weighted by Gasteiger charge is -2.30. The number of imide groups is 1. The highest BCUT2D eigenvalue weighted by Gasteiger charge is 2.56. The van der Waals surface area contributed by atoms with E-state index in [9.17, 15) is 14.4 Å². The van der Waals surface area contributed by atoms with Crippen LogP contribution in [0.3, 0.4) is 0 Å². The summed E-state index contributed by atoms with van der Waals surface area (Å²) in [5, 5.41) is 18.0. The fourth-order valence-electron chi connectivity index (χ4n) is 7.70. The van der Waals surface area contributed by atoms with Gasteiger partial charge in [0, 0.05) is 11.3 Å². The van der Waals surface area contributed by atoms with Gasteiger partial charge in [0.2, 0.25) is 0 Å². The van der Waals surface area contributed by atoms with E-state index in [2.05, 4.69) is 16.4 Å². The van der Waals surface area contributed by atoms with E-state index in [0.717, 1.165) is 63.9 Å². The summed E-state index contributed by atoms with van der Waals surface area (Å²) in [4.78, 5) is 43.2. The van der Waals surface area contributed by atoms with Crippen molar-refractivity contribution in [3.63, 3.8) is 0 Å². The smallest absolute Gasteiger partial charge is 0.264 e. The van der Waals surface area contributed by atoms with Gasteiger partial charge in [-0.3, -0.25) is 19.4 Å². The highest BCUT2D eigenvalue weighted by Crippen LogP contribution is 2.45. The summed E-state index contributed by atoms with van der Waals surface area (Å²) in [6, 6.07) is 26.5. The fraction of sp³-hybridized carbons (Fsp3) is 0.300. The number of nitrogens with zero attached hydrogens (tertiary/aromatic N) is 6. The van der Waals surface area contributed by atoms with Gasteiger partial charge in [0.05, 0.1) is 30.7 Å². The van der Waals surface area contributed by atoms with Gasteiger partial charge in [-0.25, -0.2) is 9.91 Å². The van der Waals surface area contributed by atoms with Crippen LogP contribution in [0.5, 0.6) is 11.5 Å². The molecule has 1 aliphatic carbocycles. The van der Waals surface area contributed by atoms with Gasteiger partial charge in [-0.1, -0.05) is 65.9 Å². The molecule has 0 N–H and O–H groups in total. The summed E-state index contributed by atoms with van der Waals surface area (Å²) in [7, 11) is 0. The first-order valence-electron chi connectivity index (χ1n) is 17.5. The van der Waals surface area contributed by atoms with Crippen molar-refractivity contribution in [3.8, 4) is 11.5 Å². The second-order valence-corrected chi connectivity index (χ2v) is 13.0. The lowest BCUT2D eigenvalue weighted by Crippen LogP contribution is -2.45. The molecule has 258 valence electrons. The molecule has 11 heteroatoms. The van der Waals surface area contributed by atoms with Gasteiger partial charge < -0.3 is 9.47 Å². The van der Waals surface area contributed by atoms with E-state index in [0.29, 0.717) is 18.9 Å². The molecule has 1 saturated heterocycles. The van der Waals surface area contributed by atoms with E-state index in [4.69, 9.17) is 14.6 Å². The molecule has 0 aromatic heterocycles. The summed E-state index contributed by atoms with van der Waals surface area (Å²) in [6.07, 6.45) is 4.80. The van der Waals surface area contributed by atoms with Crippen molar-refractivity contribution in [2.45, 2.75) is 51.2 Å². The number of hydrogen-bond donors (Lipinski definition) is 0. The van der Waals surface area contributed by atoms with Crippen LogP contribution < -0.4 is 14.4 Å². The molecule has 0 bridgehead atoms. The highest BCUT2D eigenvalue weighted by molar-refractivity contribution is 6.27. The summed E-state index contributed by atoms with van der Waals surface area (Å²) in [5.41, 5.74) is 4.44. The van der Waals surface area contributed by atoms with Gasteiger partial charge in [-0.2, -0.15) is 10.2 Å². The van der Waals surface area contributed by atoms with Crippen LogP contribution in [0.15, 0.2) is 112 Å². The molecule has 3 aliphatic heterocycles. The molecule has 3 heterocycles. The quantitative estimate of drug-likeness (QED) is 0.180. The molecule has 1 saturated carbocycles. The molecule has 8 rings (SSSR count). The van der Waals surface area contributed by atoms with Gasteiger partial charge in [0.1, 0.15) is 18.0 Å².